The molecule has 6 nitrogen and oxygen atoms in total. The quantitative estimate of drug-likeness (QED) is 0.673. The number of hydrogen-bond acceptors (Lipinski definition) is 4. The summed E-state index contributed by atoms with van der Waals surface area (Å²) in [5, 5.41) is 15.2. The molecule has 0 spiro atoms. The second kappa shape index (κ2) is 4.19. The minimum absolute atomic E-state index is 0.0726. The van der Waals surface area contributed by atoms with E-state index >= 15 is 0 Å². The van der Waals surface area contributed by atoms with Crippen molar-refractivity contribution in [1.82, 2.24) is 5.27 Å². The van der Waals surface area contributed by atoms with Crippen LogP contribution in [0.1, 0.15) is 32.5 Å². The molecule has 14 heavy (non-hydrogen) atoms. The highest BCUT2D eigenvalue weighted by Gasteiger charge is 2.26. The van der Waals surface area contributed by atoms with Crippen LogP contribution in [0.4, 0.5) is 5.88 Å². The van der Waals surface area contributed by atoms with Crippen LogP contribution in [0.15, 0.2) is 4.52 Å². The maximum absolute atomic E-state index is 10.8. The Kier molecular flexibility index (Phi) is 3.19. The van der Waals surface area contributed by atoms with Gasteiger partial charge < -0.3 is 5.11 Å². The van der Waals surface area contributed by atoms with E-state index in [4.69, 9.17) is 9.63 Å². The normalized spacial score (nSPS) is 10.6. The third kappa shape index (κ3) is 2.08. The Morgan fingerprint density at radius 1 is 1.71 bits per heavy atom. The van der Waals surface area contributed by atoms with E-state index in [1.807, 2.05) is 13.8 Å². The van der Waals surface area contributed by atoms with E-state index in [-0.39, 0.29) is 24.4 Å². The third-order valence-electron chi connectivity index (χ3n) is 1.69. The van der Waals surface area contributed by atoms with Crippen molar-refractivity contribution in [2.24, 2.45) is 0 Å². The molecule has 1 heterocycles. The molecule has 1 rings (SSSR count). The van der Waals surface area contributed by atoms with Crippen LogP contribution in [-0.4, -0.2) is 16.3 Å². The zero-order valence-corrected chi connectivity index (χ0v) is 8.44. The fraction of sp³-hybridized carbons (Fsp3) is 0.625. The van der Waals surface area contributed by atoms with Gasteiger partial charge in [0, 0.05) is 20.8 Å². The topological polar surface area (TPSA) is 79.2 Å². The fourth-order valence-electron chi connectivity index (χ4n) is 1.10. The number of nitrogens with zero attached hydrogens (tertiary/aromatic N) is 2. The van der Waals surface area contributed by atoms with Crippen LogP contribution in [0.3, 0.4) is 0 Å². The summed E-state index contributed by atoms with van der Waals surface area (Å²) in [5.74, 6) is -0.0551. The van der Waals surface area contributed by atoms with Crippen molar-refractivity contribution in [3.05, 3.63) is 5.69 Å². The van der Waals surface area contributed by atoms with Crippen LogP contribution in [-0.2, 0) is 11.4 Å². The third-order valence-corrected chi connectivity index (χ3v) is 1.69. The standard InChI is InChI=1S/C8H13N3O3/c1-5(2)11-7(4-12)8(14-10-11)9-6(3)13/h5,12H,4H2,1-3H3/p+1. The van der Waals surface area contributed by atoms with Gasteiger partial charge in [0.1, 0.15) is 6.61 Å². The maximum Gasteiger partial charge on any atom is 0.308 e. The largest absolute Gasteiger partial charge is 0.385 e. The van der Waals surface area contributed by atoms with Gasteiger partial charge >= 0.3 is 5.88 Å². The second-order valence-corrected chi connectivity index (χ2v) is 3.23. The highest BCUT2D eigenvalue weighted by atomic mass is 16.5. The van der Waals surface area contributed by atoms with Crippen LogP contribution in [0.5, 0.6) is 0 Å². The summed E-state index contributed by atoms with van der Waals surface area (Å²) >= 11 is 0. The molecule has 6 heteroatoms. The smallest absolute Gasteiger partial charge is 0.308 e. The lowest BCUT2D eigenvalue weighted by Gasteiger charge is -1.95. The molecule has 0 aliphatic rings. The van der Waals surface area contributed by atoms with Crippen LogP contribution in [0.2, 0.25) is 0 Å². The highest BCUT2D eigenvalue weighted by molar-refractivity contribution is 5.87. The fourth-order valence-corrected chi connectivity index (χ4v) is 1.10. The Balaban J connectivity index is 3.01. The van der Waals surface area contributed by atoms with Crippen molar-refractivity contribution in [2.45, 2.75) is 33.4 Å². The zero-order chi connectivity index (χ0) is 10.7. The van der Waals surface area contributed by atoms with Gasteiger partial charge in [-0.3, -0.25) is 14.6 Å². The lowest BCUT2D eigenvalue weighted by atomic mass is 10.3. The molecular weight excluding hydrogens is 186 g/mol. The van der Waals surface area contributed by atoms with Gasteiger partial charge in [0.15, 0.2) is 6.04 Å². The van der Waals surface area contributed by atoms with Gasteiger partial charge in [-0.1, -0.05) is 0 Å². The molecule has 0 aliphatic carbocycles. The minimum Gasteiger partial charge on any atom is -0.385 e. The lowest BCUT2D eigenvalue weighted by molar-refractivity contribution is -0.786. The predicted molar refractivity (Wildman–Crippen MR) is 47.3 cm³/mol. The molecule has 0 bridgehead atoms. The van der Waals surface area contributed by atoms with Gasteiger partial charge in [-0.25, -0.2) is 0 Å². The lowest BCUT2D eigenvalue weighted by Crippen LogP contribution is -2.41. The van der Waals surface area contributed by atoms with Crippen molar-refractivity contribution in [3.63, 3.8) is 0 Å². The number of carbonyl (C=O) groups is 1. The van der Waals surface area contributed by atoms with Crippen LogP contribution >= 0.6 is 0 Å². The molecule has 2 N–H and O–H groups in total. The Bertz CT molecular complexity index is 333. The van der Waals surface area contributed by atoms with E-state index in [0.717, 1.165) is 0 Å². The summed E-state index contributed by atoms with van der Waals surface area (Å²) in [4.78, 5) is 10.8. The van der Waals surface area contributed by atoms with E-state index in [1.54, 1.807) is 0 Å². The molecule has 1 aromatic rings. The van der Waals surface area contributed by atoms with Crippen molar-refractivity contribution >= 4 is 11.8 Å². The Labute approximate surface area is 81.5 Å². The second-order valence-electron chi connectivity index (χ2n) is 3.23. The Morgan fingerprint density at radius 3 is 2.79 bits per heavy atom. The molecule has 0 fully saturated rings. The Morgan fingerprint density at radius 2 is 2.36 bits per heavy atom. The van der Waals surface area contributed by atoms with E-state index in [0.29, 0.717) is 5.69 Å². The summed E-state index contributed by atoms with van der Waals surface area (Å²) in [6.07, 6.45) is 0. The number of aliphatic hydroxyl groups is 1. The van der Waals surface area contributed by atoms with Gasteiger partial charge in [0.25, 0.3) is 5.69 Å². The summed E-state index contributed by atoms with van der Waals surface area (Å²) in [5.41, 5.74) is 0.468. The van der Waals surface area contributed by atoms with Gasteiger partial charge in [-0.2, -0.15) is 0 Å². The molecule has 0 saturated heterocycles. The summed E-state index contributed by atoms with van der Waals surface area (Å²) in [6.45, 7) is 4.94. The van der Waals surface area contributed by atoms with E-state index in [2.05, 4.69) is 10.6 Å². The minimum atomic E-state index is -0.258. The van der Waals surface area contributed by atoms with E-state index < -0.39 is 0 Å². The number of amides is 1. The monoisotopic (exact) mass is 200 g/mol. The summed E-state index contributed by atoms with van der Waals surface area (Å²) in [7, 11) is 0. The average molecular weight is 200 g/mol. The van der Waals surface area contributed by atoms with Crippen molar-refractivity contribution in [1.29, 1.82) is 0 Å². The first-order valence-corrected chi connectivity index (χ1v) is 4.35. The number of aliphatic hydroxyl groups excluding tert-OH is 1. The van der Waals surface area contributed by atoms with Crippen molar-refractivity contribution in [3.8, 4) is 0 Å². The first kappa shape index (κ1) is 10.6. The van der Waals surface area contributed by atoms with E-state index in [9.17, 15) is 4.79 Å². The number of carbonyl (C=O) groups excluding carboxylic acids is 1. The number of anilines is 1. The predicted octanol–water partition coefficient (Wildman–Crippen LogP) is -0.00630. The number of rotatable bonds is 3. The Hall–Kier alpha value is -1.43. The molecule has 0 atom stereocenters. The summed E-state index contributed by atoms with van der Waals surface area (Å²) < 4.78 is 6.40. The number of nitrogens with one attached hydrogen (secondary N) is 1. The molecule has 0 aromatic carbocycles. The number of aromatic nitrogens is 2. The SMILES string of the molecule is CC(=O)Nc1on[n+](C(C)C)c1CO. The highest BCUT2D eigenvalue weighted by Crippen LogP contribution is 2.11. The van der Waals surface area contributed by atoms with Gasteiger partial charge in [0.2, 0.25) is 11.2 Å². The summed E-state index contributed by atoms with van der Waals surface area (Å²) in [6, 6.07) is 0.0726. The van der Waals surface area contributed by atoms with Gasteiger partial charge in [-0.15, -0.1) is 0 Å². The molecule has 0 unspecified atom stereocenters. The molecule has 1 aromatic heterocycles. The molecule has 78 valence electrons. The first-order valence-electron chi connectivity index (χ1n) is 4.35. The maximum atomic E-state index is 10.8. The van der Waals surface area contributed by atoms with Gasteiger partial charge in [-0.05, 0) is 4.68 Å². The van der Waals surface area contributed by atoms with Crippen LogP contribution < -0.4 is 10.00 Å². The molecule has 0 aliphatic heterocycles. The average Bonchev–Trinajstić information content (AvgIpc) is 2.46. The molecule has 1 amide bonds. The van der Waals surface area contributed by atoms with Crippen molar-refractivity contribution in [2.75, 3.05) is 5.32 Å². The van der Waals surface area contributed by atoms with Crippen LogP contribution in [0, 0.1) is 0 Å². The number of hydrogen-bond donors (Lipinski definition) is 2. The molecule has 0 radical (unpaired) electrons. The van der Waals surface area contributed by atoms with Crippen LogP contribution in [0.25, 0.3) is 0 Å². The molecular formula is C8H14N3O3+. The zero-order valence-electron chi connectivity index (χ0n) is 8.44. The molecule has 0 saturated carbocycles. The van der Waals surface area contributed by atoms with Gasteiger partial charge in [0.05, 0.1) is 0 Å². The van der Waals surface area contributed by atoms with E-state index in [1.165, 1.54) is 11.6 Å². The first-order chi connectivity index (χ1) is 6.56. The van der Waals surface area contributed by atoms with Crippen molar-refractivity contribution < 1.29 is 19.1 Å².